The summed E-state index contributed by atoms with van der Waals surface area (Å²) < 4.78 is 5.75. The van der Waals surface area contributed by atoms with E-state index in [-0.39, 0.29) is 5.91 Å². The van der Waals surface area contributed by atoms with Gasteiger partial charge in [-0.2, -0.15) is 0 Å². The molecule has 0 saturated heterocycles. The van der Waals surface area contributed by atoms with Crippen LogP contribution in [0, 0.1) is 5.92 Å². The Morgan fingerprint density at radius 1 is 1.38 bits per heavy atom. The van der Waals surface area contributed by atoms with Crippen LogP contribution in [0.1, 0.15) is 25.8 Å². The monoisotopic (exact) mass is 219 g/mol. The maximum absolute atomic E-state index is 11.3. The minimum Gasteiger partial charge on any atom is -0.493 e. The molecule has 2 rings (SSSR count). The zero-order chi connectivity index (χ0) is 11.5. The van der Waals surface area contributed by atoms with Gasteiger partial charge in [-0.15, -0.1) is 0 Å². The molecule has 0 atom stereocenters. The highest BCUT2D eigenvalue weighted by Gasteiger charge is 2.18. The molecule has 0 aliphatic carbocycles. The molecule has 0 radical (unpaired) electrons. The van der Waals surface area contributed by atoms with Gasteiger partial charge in [-0.3, -0.25) is 4.79 Å². The third kappa shape index (κ3) is 2.35. The lowest BCUT2D eigenvalue weighted by atomic mass is 10.0. The molecule has 86 valence electrons. The predicted molar refractivity (Wildman–Crippen MR) is 63.7 cm³/mol. The molecule has 16 heavy (non-hydrogen) atoms. The lowest BCUT2D eigenvalue weighted by Crippen LogP contribution is -2.19. The van der Waals surface area contributed by atoms with Gasteiger partial charge < -0.3 is 10.1 Å². The molecule has 1 aliphatic rings. The largest absolute Gasteiger partial charge is 0.493 e. The number of hydrogen-bond acceptors (Lipinski definition) is 2. The molecule has 0 unspecified atom stereocenters. The van der Waals surface area contributed by atoms with Gasteiger partial charge >= 0.3 is 0 Å². The van der Waals surface area contributed by atoms with Crippen LogP contribution in [0.2, 0.25) is 0 Å². The van der Waals surface area contributed by atoms with Crippen LogP contribution in [0.4, 0.5) is 5.69 Å². The van der Waals surface area contributed by atoms with Crippen molar-refractivity contribution in [3.05, 3.63) is 23.8 Å². The van der Waals surface area contributed by atoms with Crippen molar-refractivity contribution in [1.82, 2.24) is 0 Å². The van der Waals surface area contributed by atoms with Gasteiger partial charge in [-0.05, 0) is 24.5 Å². The number of fused-ring (bicyclic) bond motifs is 1. The van der Waals surface area contributed by atoms with Crippen molar-refractivity contribution >= 4 is 11.6 Å². The summed E-state index contributed by atoms with van der Waals surface area (Å²) in [5.41, 5.74) is 2.03. The highest BCUT2D eigenvalue weighted by molar-refractivity contribution is 5.94. The summed E-state index contributed by atoms with van der Waals surface area (Å²) in [5, 5.41) is 2.87. The molecule has 3 nitrogen and oxygen atoms in total. The average molecular weight is 219 g/mol. The summed E-state index contributed by atoms with van der Waals surface area (Å²) in [7, 11) is 0. The summed E-state index contributed by atoms with van der Waals surface area (Å²) in [6.45, 7) is 4.96. The molecular formula is C13H17NO2. The van der Waals surface area contributed by atoms with Crippen LogP contribution in [0.5, 0.6) is 5.75 Å². The minimum absolute atomic E-state index is 0.0912. The zero-order valence-electron chi connectivity index (χ0n) is 9.75. The Morgan fingerprint density at radius 3 is 2.94 bits per heavy atom. The Morgan fingerprint density at radius 2 is 2.19 bits per heavy atom. The smallest absolute Gasteiger partial charge is 0.224 e. The number of anilines is 1. The fourth-order valence-electron chi connectivity index (χ4n) is 1.78. The molecule has 0 bridgehead atoms. The van der Waals surface area contributed by atoms with E-state index in [1.54, 1.807) is 0 Å². The van der Waals surface area contributed by atoms with Crippen LogP contribution < -0.4 is 10.1 Å². The fraction of sp³-hybridized carbons (Fsp3) is 0.462. The van der Waals surface area contributed by atoms with Gasteiger partial charge in [0, 0.05) is 17.7 Å². The van der Waals surface area contributed by atoms with Crippen molar-refractivity contribution < 1.29 is 9.53 Å². The molecule has 1 amide bonds. The molecule has 0 aromatic heterocycles. The number of amides is 1. The lowest BCUT2D eigenvalue weighted by molar-refractivity contribution is -0.116. The molecule has 3 heteroatoms. The first-order valence-corrected chi connectivity index (χ1v) is 5.71. The number of ether oxygens (including phenoxy) is 1. The molecule has 1 aliphatic heterocycles. The van der Waals surface area contributed by atoms with Crippen LogP contribution in [0.25, 0.3) is 0 Å². The second-order valence-corrected chi connectivity index (χ2v) is 4.54. The van der Waals surface area contributed by atoms with Crippen molar-refractivity contribution in [2.24, 2.45) is 5.92 Å². The fourth-order valence-corrected chi connectivity index (χ4v) is 1.78. The van der Waals surface area contributed by atoms with Crippen LogP contribution in [0.3, 0.4) is 0 Å². The molecule has 1 aromatic carbocycles. The van der Waals surface area contributed by atoms with E-state index in [4.69, 9.17) is 4.74 Å². The van der Waals surface area contributed by atoms with Crippen LogP contribution >= 0.6 is 0 Å². The van der Waals surface area contributed by atoms with E-state index in [1.165, 1.54) is 0 Å². The molecule has 0 fully saturated rings. The quantitative estimate of drug-likeness (QED) is 0.848. The van der Waals surface area contributed by atoms with Gasteiger partial charge in [-0.25, -0.2) is 0 Å². The SMILES string of the molecule is CC(C)COc1cccc2c1CCC(=O)N2. The zero-order valence-corrected chi connectivity index (χ0v) is 9.75. The van der Waals surface area contributed by atoms with Gasteiger partial charge in [0.25, 0.3) is 0 Å². The van der Waals surface area contributed by atoms with Gasteiger partial charge in [0.15, 0.2) is 0 Å². The van der Waals surface area contributed by atoms with E-state index in [0.717, 1.165) is 23.4 Å². The van der Waals surface area contributed by atoms with E-state index < -0.39 is 0 Å². The van der Waals surface area contributed by atoms with E-state index in [0.29, 0.717) is 18.9 Å². The van der Waals surface area contributed by atoms with Crippen molar-refractivity contribution in [1.29, 1.82) is 0 Å². The lowest BCUT2D eigenvalue weighted by Gasteiger charge is -2.20. The number of hydrogen-bond donors (Lipinski definition) is 1. The summed E-state index contributed by atoms with van der Waals surface area (Å²) in [6.07, 6.45) is 1.32. The molecule has 1 aromatic rings. The van der Waals surface area contributed by atoms with Gasteiger partial charge in [-0.1, -0.05) is 19.9 Å². The first kappa shape index (κ1) is 11.0. The van der Waals surface area contributed by atoms with Crippen molar-refractivity contribution in [3.8, 4) is 5.75 Å². The van der Waals surface area contributed by atoms with Crippen molar-refractivity contribution in [3.63, 3.8) is 0 Å². The van der Waals surface area contributed by atoms with E-state index >= 15 is 0 Å². The first-order chi connectivity index (χ1) is 7.66. The molecule has 1 heterocycles. The number of benzene rings is 1. The highest BCUT2D eigenvalue weighted by Crippen LogP contribution is 2.31. The standard InChI is InChI=1S/C13H17NO2/c1-9(2)8-16-12-5-3-4-11-10(12)6-7-13(15)14-11/h3-5,9H,6-8H2,1-2H3,(H,14,15). The minimum atomic E-state index is 0.0912. The third-order valence-corrected chi connectivity index (χ3v) is 2.58. The van der Waals surface area contributed by atoms with E-state index in [1.807, 2.05) is 18.2 Å². The van der Waals surface area contributed by atoms with Crippen LogP contribution in [-0.4, -0.2) is 12.5 Å². The molecule has 1 N–H and O–H groups in total. The molecular weight excluding hydrogens is 202 g/mol. The van der Waals surface area contributed by atoms with E-state index in [2.05, 4.69) is 19.2 Å². The highest BCUT2D eigenvalue weighted by atomic mass is 16.5. The molecule has 0 spiro atoms. The molecule has 0 saturated carbocycles. The Bertz CT molecular complexity index is 399. The van der Waals surface area contributed by atoms with E-state index in [9.17, 15) is 4.79 Å². The first-order valence-electron chi connectivity index (χ1n) is 5.71. The summed E-state index contributed by atoms with van der Waals surface area (Å²) >= 11 is 0. The normalized spacial score (nSPS) is 14.6. The maximum atomic E-state index is 11.3. The number of nitrogens with one attached hydrogen (secondary N) is 1. The third-order valence-electron chi connectivity index (χ3n) is 2.58. The number of carbonyl (C=O) groups is 1. The second-order valence-electron chi connectivity index (χ2n) is 4.54. The number of rotatable bonds is 3. The number of carbonyl (C=O) groups excluding carboxylic acids is 1. The van der Waals surface area contributed by atoms with Crippen molar-refractivity contribution in [2.45, 2.75) is 26.7 Å². The topological polar surface area (TPSA) is 38.3 Å². The van der Waals surface area contributed by atoms with Gasteiger partial charge in [0.05, 0.1) is 6.61 Å². The van der Waals surface area contributed by atoms with Crippen LogP contribution in [-0.2, 0) is 11.2 Å². The summed E-state index contributed by atoms with van der Waals surface area (Å²) in [6, 6.07) is 5.81. The van der Waals surface area contributed by atoms with Crippen molar-refractivity contribution in [2.75, 3.05) is 11.9 Å². The predicted octanol–water partition coefficient (Wildman–Crippen LogP) is 2.61. The average Bonchev–Trinajstić information content (AvgIpc) is 2.25. The Kier molecular flexibility index (Phi) is 3.13. The van der Waals surface area contributed by atoms with Gasteiger partial charge in [0.2, 0.25) is 5.91 Å². The maximum Gasteiger partial charge on any atom is 0.224 e. The summed E-state index contributed by atoms with van der Waals surface area (Å²) in [5.74, 6) is 1.51. The Hall–Kier alpha value is -1.51. The van der Waals surface area contributed by atoms with Crippen LogP contribution in [0.15, 0.2) is 18.2 Å². The summed E-state index contributed by atoms with van der Waals surface area (Å²) in [4.78, 5) is 11.3. The Balaban J connectivity index is 2.20. The second kappa shape index (κ2) is 4.56. The Labute approximate surface area is 95.8 Å². The van der Waals surface area contributed by atoms with Gasteiger partial charge in [0.1, 0.15) is 5.75 Å².